The minimum atomic E-state index is -1.55. The molecular weight excluding hydrogens is 296 g/mol. The molecule has 0 spiro atoms. The monoisotopic (exact) mass is 332 g/mol. The Balaban J connectivity index is 1.65. The predicted molar refractivity (Wildman–Crippen MR) is 97.2 cm³/mol. The van der Waals surface area contributed by atoms with E-state index in [4.69, 9.17) is 0 Å². The highest BCUT2D eigenvalue weighted by Gasteiger charge is 2.59. The summed E-state index contributed by atoms with van der Waals surface area (Å²) in [4.78, 5) is 0. The maximum absolute atomic E-state index is 10.1. The summed E-state index contributed by atoms with van der Waals surface area (Å²) in [6.07, 6.45) is 11.2. The first kappa shape index (κ1) is 17.1. The first-order valence-electron chi connectivity index (χ1n) is 10.3. The lowest BCUT2D eigenvalue weighted by molar-refractivity contribution is -0.146. The van der Waals surface area contributed by atoms with Crippen LogP contribution in [0.3, 0.4) is 0 Å². The fraction of sp³-hybridized carbons (Fsp3) is 0.909. The van der Waals surface area contributed by atoms with Crippen LogP contribution in [-0.2, 0) is 0 Å². The van der Waals surface area contributed by atoms with Crippen molar-refractivity contribution in [2.24, 2.45) is 40.4 Å². The van der Waals surface area contributed by atoms with Crippen molar-refractivity contribution in [2.45, 2.75) is 84.8 Å². The molecule has 0 unspecified atom stereocenters. The summed E-state index contributed by atoms with van der Waals surface area (Å²) in [6, 6.07) is 0. The average molecular weight is 333 g/mol. The lowest BCUT2D eigenvalue weighted by Crippen LogP contribution is -2.52. The van der Waals surface area contributed by atoms with E-state index in [1.54, 1.807) is 0 Å². The topological polar surface area (TPSA) is 40.5 Å². The summed E-state index contributed by atoms with van der Waals surface area (Å²) < 4.78 is 0. The van der Waals surface area contributed by atoms with E-state index >= 15 is 0 Å². The van der Waals surface area contributed by atoms with Gasteiger partial charge in [0, 0.05) is 6.42 Å². The molecule has 4 aliphatic rings. The van der Waals surface area contributed by atoms with Crippen LogP contribution >= 0.6 is 0 Å². The molecule has 0 aromatic rings. The Hall–Kier alpha value is -0.340. The first-order valence-corrected chi connectivity index (χ1v) is 10.3. The number of aliphatic hydroxyl groups is 2. The molecule has 24 heavy (non-hydrogen) atoms. The van der Waals surface area contributed by atoms with E-state index in [0.717, 1.165) is 42.4 Å². The Morgan fingerprint density at radius 1 is 0.958 bits per heavy atom. The van der Waals surface area contributed by atoms with E-state index in [-0.39, 0.29) is 5.41 Å². The smallest absolute Gasteiger partial charge is 0.182 e. The molecule has 6 atom stereocenters. The van der Waals surface area contributed by atoms with Crippen molar-refractivity contribution in [1.29, 1.82) is 0 Å². The normalized spacial score (nSPS) is 50.0. The zero-order chi connectivity index (χ0) is 17.3. The number of allylic oxidation sites excluding steroid dienone is 1. The van der Waals surface area contributed by atoms with Crippen LogP contribution in [0.5, 0.6) is 0 Å². The summed E-state index contributed by atoms with van der Waals surface area (Å²) >= 11 is 0. The third-order valence-electron chi connectivity index (χ3n) is 9.03. The fourth-order valence-electron chi connectivity index (χ4n) is 7.84. The Bertz CT molecular complexity index is 548. The lowest BCUT2D eigenvalue weighted by atomic mass is 9.46. The second kappa shape index (κ2) is 5.33. The molecule has 2 N–H and O–H groups in total. The molecule has 2 heteroatoms. The van der Waals surface area contributed by atoms with Crippen LogP contribution in [0.4, 0.5) is 0 Å². The fourth-order valence-corrected chi connectivity index (χ4v) is 7.84. The van der Waals surface area contributed by atoms with Gasteiger partial charge in [-0.15, -0.1) is 0 Å². The van der Waals surface area contributed by atoms with Gasteiger partial charge >= 0.3 is 0 Å². The Morgan fingerprint density at radius 3 is 2.42 bits per heavy atom. The van der Waals surface area contributed by atoms with Crippen LogP contribution in [0.1, 0.15) is 79.1 Å². The summed E-state index contributed by atoms with van der Waals surface area (Å²) in [5.41, 5.74) is 2.12. The van der Waals surface area contributed by atoms with Gasteiger partial charge in [-0.1, -0.05) is 33.3 Å². The van der Waals surface area contributed by atoms with Gasteiger partial charge in [-0.25, -0.2) is 0 Å². The quantitative estimate of drug-likeness (QED) is 0.529. The zero-order valence-electron chi connectivity index (χ0n) is 16.0. The van der Waals surface area contributed by atoms with Gasteiger partial charge in [-0.05, 0) is 91.4 Å². The third-order valence-corrected chi connectivity index (χ3v) is 9.03. The molecular formula is C22H36O2. The maximum atomic E-state index is 10.1. The van der Waals surface area contributed by atoms with E-state index < -0.39 is 5.79 Å². The zero-order valence-corrected chi connectivity index (χ0v) is 16.0. The van der Waals surface area contributed by atoms with Crippen LogP contribution < -0.4 is 0 Å². The standard InChI is InChI=1S/C22H36O2/c1-14(2)17-7-8-18-16-6-5-15-13-22(23,24)12-11-20(15,3)19(16)9-10-21(17,18)4/h13-14,16-19,23-24H,5-12H2,1-4H3/t16-,17+,18-,19-,20-,21+/m0/s1. The second-order valence-electron chi connectivity index (χ2n) is 10.4. The van der Waals surface area contributed by atoms with Gasteiger partial charge < -0.3 is 10.2 Å². The number of rotatable bonds is 1. The molecule has 136 valence electrons. The predicted octanol–water partition coefficient (Wildman–Crippen LogP) is 4.90. The van der Waals surface area contributed by atoms with Crippen molar-refractivity contribution in [3.8, 4) is 0 Å². The van der Waals surface area contributed by atoms with Gasteiger partial charge in [0.2, 0.25) is 0 Å². The van der Waals surface area contributed by atoms with Gasteiger partial charge in [0.1, 0.15) is 0 Å². The molecule has 0 heterocycles. The van der Waals surface area contributed by atoms with E-state index in [9.17, 15) is 10.2 Å². The Morgan fingerprint density at radius 2 is 1.71 bits per heavy atom. The van der Waals surface area contributed by atoms with Crippen LogP contribution in [0.15, 0.2) is 11.6 Å². The van der Waals surface area contributed by atoms with E-state index in [0.29, 0.717) is 11.8 Å². The van der Waals surface area contributed by atoms with E-state index in [2.05, 4.69) is 27.7 Å². The number of hydrogen-bond acceptors (Lipinski definition) is 2. The Kier molecular flexibility index (Phi) is 3.80. The van der Waals surface area contributed by atoms with Crippen molar-refractivity contribution in [3.63, 3.8) is 0 Å². The molecule has 0 radical (unpaired) electrons. The SMILES string of the molecule is CC(C)[C@H]1CC[C@H]2[C@@H]3CCC4=CC(O)(O)CC[C@]4(C)[C@H]3CC[C@]12C. The molecule has 0 aromatic heterocycles. The van der Waals surface area contributed by atoms with Crippen molar-refractivity contribution in [2.75, 3.05) is 0 Å². The van der Waals surface area contributed by atoms with Crippen molar-refractivity contribution >= 4 is 0 Å². The summed E-state index contributed by atoms with van der Waals surface area (Å²) in [6.45, 7) is 9.89. The molecule has 0 aromatic carbocycles. The highest BCUT2D eigenvalue weighted by molar-refractivity contribution is 5.26. The van der Waals surface area contributed by atoms with Gasteiger partial charge in [0.15, 0.2) is 5.79 Å². The number of fused-ring (bicyclic) bond motifs is 5. The molecule has 0 amide bonds. The van der Waals surface area contributed by atoms with Crippen molar-refractivity contribution in [1.82, 2.24) is 0 Å². The highest BCUT2D eigenvalue weighted by Crippen LogP contribution is 2.67. The average Bonchev–Trinajstić information content (AvgIpc) is 2.85. The second-order valence-corrected chi connectivity index (χ2v) is 10.4. The molecule has 4 rings (SSSR count). The minimum Gasteiger partial charge on any atom is -0.362 e. The maximum Gasteiger partial charge on any atom is 0.182 e. The first-order chi connectivity index (χ1) is 11.2. The van der Waals surface area contributed by atoms with Gasteiger partial charge in [0.05, 0.1) is 0 Å². The summed E-state index contributed by atoms with van der Waals surface area (Å²) in [5.74, 6) is 2.68. The molecule has 4 aliphatic carbocycles. The van der Waals surface area contributed by atoms with Crippen molar-refractivity contribution < 1.29 is 10.2 Å². The van der Waals surface area contributed by atoms with Gasteiger partial charge in [-0.2, -0.15) is 0 Å². The van der Waals surface area contributed by atoms with E-state index in [1.807, 2.05) is 6.08 Å². The highest BCUT2D eigenvalue weighted by atomic mass is 16.5. The van der Waals surface area contributed by atoms with Gasteiger partial charge in [0.25, 0.3) is 0 Å². The molecule has 2 nitrogen and oxygen atoms in total. The van der Waals surface area contributed by atoms with Crippen LogP contribution in [0.2, 0.25) is 0 Å². The van der Waals surface area contributed by atoms with Crippen molar-refractivity contribution in [3.05, 3.63) is 11.6 Å². The molecule has 0 aliphatic heterocycles. The summed E-state index contributed by atoms with van der Waals surface area (Å²) in [5, 5.41) is 20.2. The van der Waals surface area contributed by atoms with E-state index in [1.165, 1.54) is 37.7 Å². The number of hydrogen-bond donors (Lipinski definition) is 2. The van der Waals surface area contributed by atoms with Crippen LogP contribution in [0.25, 0.3) is 0 Å². The molecule has 0 bridgehead atoms. The van der Waals surface area contributed by atoms with Gasteiger partial charge in [-0.3, -0.25) is 0 Å². The lowest BCUT2D eigenvalue weighted by Gasteiger charge is -2.59. The molecule has 3 fully saturated rings. The van der Waals surface area contributed by atoms with Crippen LogP contribution in [0, 0.1) is 40.4 Å². The minimum absolute atomic E-state index is 0.217. The largest absolute Gasteiger partial charge is 0.362 e. The summed E-state index contributed by atoms with van der Waals surface area (Å²) in [7, 11) is 0. The Labute approximate surface area is 147 Å². The third kappa shape index (κ3) is 2.28. The van der Waals surface area contributed by atoms with Crippen LogP contribution in [-0.4, -0.2) is 16.0 Å². The molecule has 3 saturated carbocycles. The molecule has 0 saturated heterocycles.